The number of carbonyl (C=O) groups is 1. The van der Waals surface area contributed by atoms with Gasteiger partial charge in [0.25, 0.3) is 0 Å². The van der Waals surface area contributed by atoms with Gasteiger partial charge in [-0.3, -0.25) is 9.78 Å². The lowest BCUT2D eigenvalue weighted by Crippen LogP contribution is -2.14. The van der Waals surface area contributed by atoms with Crippen molar-refractivity contribution >= 4 is 5.78 Å². The molecule has 1 heterocycles. The molecule has 0 aliphatic heterocycles. The molecule has 1 saturated carbocycles. The second-order valence-electron chi connectivity index (χ2n) is 5.17. The summed E-state index contributed by atoms with van der Waals surface area (Å²) in [6, 6.07) is 14.5. The van der Waals surface area contributed by atoms with Crippen molar-refractivity contribution in [1.29, 1.82) is 0 Å². The summed E-state index contributed by atoms with van der Waals surface area (Å²) >= 11 is 0. The summed E-state index contributed by atoms with van der Waals surface area (Å²) in [6.45, 7) is 0. The number of aromatic nitrogens is 1. The number of rotatable bonds is 2. The van der Waals surface area contributed by atoms with Crippen LogP contribution < -0.4 is 0 Å². The molecule has 0 N–H and O–H groups in total. The molecule has 2 heteroatoms. The van der Waals surface area contributed by atoms with Crippen LogP contribution in [0.1, 0.15) is 37.3 Å². The zero-order chi connectivity index (χ0) is 13.1. The summed E-state index contributed by atoms with van der Waals surface area (Å²) in [4.78, 5) is 16.0. The minimum absolute atomic E-state index is 0.310. The standard InChI is InChI=1S/C17H17NO/c19-16-8-4-7-15(11-16)17-12-14(9-10-18-17)13-5-2-1-3-6-13/h1-3,5-6,9-10,12,15H,4,7-8,11H2. The molecule has 0 saturated heterocycles. The number of benzene rings is 1. The molecule has 1 fully saturated rings. The second kappa shape index (κ2) is 5.35. The van der Waals surface area contributed by atoms with E-state index in [1.807, 2.05) is 30.5 Å². The predicted octanol–water partition coefficient (Wildman–Crippen LogP) is 3.98. The van der Waals surface area contributed by atoms with E-state index in [9.17, 15) is 4.79 Å². The first-order valence-electron chi connectivity index (χ1n) is 6.86. The maximum atomic E-state index is 11.6. The van der Waals surface area contributed by atoms with E-state index in [0.29, 0.717) is 18.1 Å². The molecule has 0 spiro atoms. The number of carbonyl (C=O) groups excluding carboxylic acids is 1. The normalized spacial score (nSPS) is 19.4. The Labute approximate surface area is 113 Å². The number of Topliss-reactive ketones (excluding diaryl/α,β-unsaturated/α-hetero) is 1. The highest BCUT2D eigenvalue weighted by molar-refractivity contribution is 5.80. The van der Waals surface area contributed by atoms with Gasteiger partial charge in [0, 0.05) is 30.7 Å². The Balaban J connectivity index is 1.90. The highest BCUT2D eigenvalue weighted by Crippen LogP contribution is 2.31. The number of nitrogens with zero attached hydrogens (tertiary/aromatic N) is 1. The van der Waals surface area contributed by atoms with Gasteiger partial charge in [-0.1, -0.05) is 30.3 Å². The van der Waals surface area contributed by atoms with Gasteiger partial charge in [0.15, 0.2) is 0 Å². The van der Waals surface area contributed by atoms with Gasteiger partial charge in [-0.25, -0.2) is 0 Å². The third kappa shape index (κ3) is 2.73. The minimum atomic E-state index is 0.310. The topological polar surface area (TPSA) is 30.0 Å². The molecule has 19 heavy (non-hydrogen) atoms. The summed E-state index contributed by atoms with van der Waals surface area (Å²) in [5.41, 5.74) is 3.45. The Morgan fingerprint density at radius 2 is 1.89 bits per heavy atom. The molecule has 3 rings (SSSR count). The SMILES string of the molecule is O=C1CCCC(c2cc(-c3ccccc3)ccn2)C1. The summed E-state index contributed by atoms with van der Waals surface area (Å²) in [6.07, 6.45) is 5.34. The first-order valence-corrected chi connectivity index (χ1v) is 6.86. The second-order valence-corrected chi connectivity index (χ2v) is 5.17. The number of ketones is 1. The molecule has 0 bridgehead atoms. The molecule has 96 valence electrons. The van der Waals surface area contributed by atoms with E-state index in [1.54, 1.807) is 0 Å². The van der Waals surface area contributed by atoms with Crippen LogP contribution in [0.3, 0.4) is 0 Å². The third-order valence-electron chi connectivity index (χ3n) is 3.79. The van der Waals surface area contributed by atoms with Gasteiger partial charge in [0.1, 0.15) is 5.78 Å². The van der Waals surface area contributed by atoms with Crippen molar-refractivity contribution in [2.24, 2.45) is 0 Å². The van der Waals surface area contributed by atoms with Gasteiger partial charge < -0.3 is 0 Å². The van der Waals surface area contributed by atoms with Crippen molar-refractivity contribution in [2.45, 2.75) is 31.6 Å². The van der Waals surface area contributed by atoms with Gasteiger partial charge >= 0.3 is 0 Å². The average molecular weight is 251 g/mol. The van der Waals surface area contributed by atoms with Crippen LogP contribution in [0.25, 0.3) is 11.1 Å². The van der Waals surface area contributed by atoms with Crippen LogP contribution in [0.4, 0.5) is 0 Å². The van der Waals surface area contributed by atoms with Gasteiger partial charge in [0.05, 0.1) is 0 Å². The highest BCUT2D eigenvalue weighted by atomic mass is 16.1. The molecule has 2 aromatic rings. The van der Waals surface area contributed by atoms with Crippen molar-refractivity contribution in [3.8, 4) is 11.1 Å². The van der Waals surface area contributed by atoms with Crippen molar-refractivity contribution in [3.05, 3.63) is 54.4 Å². The smallest absolute Gasteiger partial charge is 0.133 e. The van der Waals surface area contributed by atoms with E-state index in [2.05, 4.69) is 23.2 Å². The fourth-order valence-electron chi connectivity index (χ4n) is 2.76. The van der Waals surface area contributed by atoms with Gasteiger partial charge in [-0.15, -0.1) is 0 Å². The lowest BCUT2D eigenvalue weighted by molar-refractivity contribution is -0.120. The summed E-state index contributed by atoms with van der Waals surface area (Å²) < 4.78 is 0. The number of hydrogen-bond donors (Lipinski definition) is 0. The molecule has 1 aromatic carbocycles. The molecule has 2 nitrogen and oxygen atoms in total. The Kier molecular flexibility index (Phi) is 3.41. The number of hydrogen-bond acceptors (Lipinski definition) is 2. The van der Waals surface area contributed by atoms with Crippen LogP contribution in [0.15, 0.2) is 48.7 Å². The van der Waals surface area contributed by atoms with Crippen LogP contribution in [-0.2, 0) is 4.79 Å². The molecule has 1 unspecified atom stereocenters. The molecule has 1 aliphatic rings. The minimum Gasteiger partial charge on any atom is -0.300 e. The molecular weight excluding hydrogens is 234 g/mol. The Morgan fingerprint density at radius 3 is 2.68 bits per heavy atom. The van der Waals surface area contributed by atoms with E-state index in [1.165, 1.54) is 11.1 Å². The molecule has 1 atom stereocenters. The Bertz CT molecular complexity index is 577. The fraction of sp³-hybridized carbons (Fsp3) is 0.294. The first-order chi connectivity index (χ1) is 9.33. The van der Waals surface area contributed by atoms with Gasteiger partial charge in [-0.2, -0.15) is 0 Å². The van der Waals surface area contributed by atoms with E-state index in [-0.39, 0.29) is 0 Å². The van der Waals surface area contributed by atoms with Crippen LogP contribution >= 0.6 is 0 Å². The van der Waals surface area contributed by atoms with E-state index in [4.69, 9.17) is 0 Å². The van der Waals surface area contributed by atoms with Crippen molar-refractivity contribution < 1.29 is 4.79 Å². The zero-order valence-corrected chi connectivity index (χ0v) is 10.9. The summed E-state index contributed by atoms with van der Waals surface area (Å²) in [7, 11) is 0. The molecule has 0 amide bonds. The van der Waals surface area contributed by atoms with Gasteiger partial charge in [0.2, 0.25) is 0 Å². The predicted molar refractivity (Wildman–Crippen MR) is 75.9 cm³/mol. The average Bonchev–Trinajstić information content (AvgIpc) is 2.48. The quantitative estimate of drug-likeness (QED) is 0.808. The maximum Gasteiger partial charge on any atom is 0.133 e. The largest absolute Gasteiger partial charge is 0.300 e. The van der Waals surface area contributed by atoms with E-state index in [0.717, 1.165) is 25.0 Å². The first kappa shape index (κ1) is 12.1. The summed E-state index contributed by atoms with van der Waals surface area (Å²) in [5.74, 6) is 0.688. The van der Waals surface area contributed by atoms with Crippen molar-refractivity contribution in [1.82, 2.24) is 4.98 Å². The lowest BCUT2D eigenvalue weighted by Gasteiger charge is -2.20. The fourth-order valence-corrected chi connectivity index (χ4v) is 2.76. The Morgan fingerprint density at radius 1 is 1.05 bits per heavy atom. The monoisotopic (exact) mass is 251 g/mol. The van der Waals surface area contributed by atoms with Crippen molar-refractivity contribution in [2.75, 3.05) is 0 Å². The maximum absolute atomic E-state index is 11.6. The molecule has 0 radical (unpaired) electrons. The highest BCUT2D eigenvalue weighted by Gasteiger charge is 2.22. The van der Waals surface area contributed by atoms with Crippen molar-refractivity contribution in [3.63, 3.8) is 0 Å². The third-order valence-corrected chi connectivity index (χ3v) is 3.79. The van der Waals surface area contributed by atoms with Gasteiger partial charge in [-0.05, 0) is 36.1 Å². The molecule has 1 aromatic heterocycles. The lowest BCUT2D eigenvalue weighted by atomic mass is 9.85. The van der Waals surface area contributed by atoms with E-state index < -0.39 is 0 Å². The van der Waals surface area contributed by atoms with Crippen LogP contribution in [0.2, 0.25) is 0 Å². The number of pyridine rings is 1. The Hall–Kier alpha value is -1.96. The molecular formula is C17H17NO. The molecule has 1 aliphatic carbocycles. The van der Waals surface area contributed by atoms with Crippen LogP contribution in [-0.4, -0.2) is 10.8 Å². The van der Waals surface area contributed by atoms with Crippen LogP contribution in [0.5, 0.6) is 0 Å². The zero-order valence-electron chi connectivity index (χ0n) is 10.9. The summed E-state index contributed by atoms with van der Waals surface area (Å²) in [5, 5.41) is 0. The van der Waals surface area contributed by atoms with E-state index >= 15 is 0 Å². The van der Waals surface area contributed by atoms with Crippen LogP contribution in [0, 0.1) is 0 Å².